The van der Waals surface area contributed by atoms with Gasteiger partial charge in [-0.1, -0.05) is 0 Å². The topological polar surface area (TPSA) is 47.3 Å². The lowest BCUT2D eigenvalue weighted by atomic mass is 10.4. The lowest BCUT2D eigenvalue weighted by Gasteiger charge is -2.09. The van der Waals surface area contributed by atoms with Crippen molar-refractivity contribution in [2.75, 3.05) is 13.2 Å². The first-order valence-corrected chi connectivity index (χ1v) is 4.95. The molecular formula is C8H13BrN2O2. The molecule has 1 N–H and O–H groups in total. The van der Waals surface area contributed by atoms with Crippen LogP contribution in [0.5, 0.6) is 0 Å². The van der Waals surface area contributed by atoms with E-state index in [1.807, 2.05) is 13.1 Å². The Bertz CT molecular complexity index is 252. The molecule has 1 heterocycles. The van der Waals surface area contributed by atoms with Gasteiger partial charge in [-0.3, -0.25) is 4.68 Å². The van der Waals surface area contributed by atoms with Crippen LogP contribution in [0, 0.1) is 0 Å². The zero-order valence-electron chi connectivity index (χ0n) is 7.48. The van der Waals surface area contributed by atoms with Gasteiger partial charge in [-0.05, 0) is 22.9 Å². The average Bonchev–Trinajstić information content (AvgIpc) is 2.48. The summed E-state index contributed by atoms with van der Waals surface area (Å²) < 4.78 is 7.66. The van der Waals surface area contributed by atoms with Crippen molar-refractivity contribution in [1.82, 2.24) is 9.78 Å². The van der Waals surface area contributed by atoms with E-state index in [-0.39, 0.29) is 0 Å². The van der Waals surface area contributed by atoms with Gasteiger partial charge in [0.2, 0.25) is 0 Å². The number of aliphatic hydroxyl groups excluding tert-OH is 1. The van der Waals surface area contributed by atoms with Gasteiger partial charge in [0.1, 0.15) is 0 Å². The Balaban J connectivity index is 2.31. The Hall–Kier alpha value is -0.390. The molecule has 0 spiro atoms. The minimum atomic E-state index is -0.494. The quantitative estimate of drug-likeness (QED) is 0.848. The fraction of sp³-hybridized carbons (Fsp3) is 0.625. The van der Waals surface area contributed by atoms with Crippen LogP contribution in [0.15, 0.2) is 16.9 Å². The van der Waals surface area contributed by atoms with Gasteiger partial charge in [0.25, 0.3) is 0 Å². The van der Waals surface area contributed by atoms with Gasteiger partial charge in [0, 0.05) is 12.8 Å². The molecule has 0 aliphatic rings. The van der Waals surface area contributed by atoms with Crippen LogP contribution in [-0.4, -0.2) is 34.2 Å². The summed E-state index contributed by atoms with van der Waals surface area (Å²) in [6.45, 7) is 3.34. The number of rotatable bonds is 5. The summed E-state index contributed by atoms with van der Waals surface area (Å²) in [6, 6.07) is 0. The second-order valence-corrected chi connectivity index (χ2v) is 3.61. The summed E-state index contributed by atoms with van der Waals surface area (Å²) in [6.07, 6.45) is 3.01. The lowest BCUT2D eigenvalue weighted by molar-refractivity contribution is 0.0316. The number of aromatic nitrogens is 2. The molecule has 0 aliphatic heterocycles. The van der Waals surface area contributed by atoms with E-state index in [0.717, 1.165) is 4.47 Å². The van der Waals surface area contributed by atoms with E-state index in [1.54, 1.807) is 10.9 Å². The standard InChI is InChI=1S/C8H13BrN2O2/c1-2-13-6-8(12)5-11-4-7(9)3-10-11/h3-4,8,12H,2,5-6H2,1H3. The maximum Gasteiger partial charge on any atom is 0.0968 e. The number of halogens is 1. The Morgan fingerprint density at radius 3 is 3.08 bits per heavy atom. The summed E-state index contributed by atoms with van der Waals surface area (Å²) >= 11 is 3.28. The highest BCUT2D eigenvalue weighted by Gasteiger charge is 2.05. The number of nitrogens with zero attached hydrogens (tertiary/aromatic N) is 2. The average molecular weight is 249 g/mol. The molecule has 0 saturated carbocycles. The van der Waals surface area contributed by atoms with E-state index >= 15 is 0 Å². The van der Waals surface area contributed by atoms with Crippen LogP contribution in [0.3, 0.4) is 0 Å². The van der Waals surface area contributed by atoms with Crippen LogP contribution >= 0.6 is 15.9 Å². The third kappa shape index (κ3) is 3.89. The van der Waals surface area contributed by atoms with Gasteiger partial charge >= 0.3 is 0 Å². The molecule has 0 fully saturated rings. The number of hydrogen-bond donors (Lipinski definition) is 1. The summed E-state index contributed by atoms with van der Waals surface area (Å²) in [4.78, 5) is 0. The minimum Gasteiger partial charge on any atom is -0.389 e. The van der Waals surface area contributed by atoms with E-state index in [9.17, 15) is 5.11 Å². The second kappa shape index (κ2) is 5.36. The highest BCUT2D eigenvalue weighted by atomic mass is 79.9. The molecule has 0 bridgehead atoms. The second-order valence-electron chi connectivity index (χ2n) is 2.69. The van der Waals surface area contributed by atoms with Crippen molar-refractivity contribution in [1.29, 1.82) is 0 Å². The van der Waals surface area contributed by atoms with Crippen LogP contribution in [0.4, 0.5) is 0 Å². The van der Waals surface area contributed by atoms with Crippen molar-refractivity contribution >= 4 is 15.9 Å². The summed E-state index contributed by atoms with van der Waals surface area (Å²) in [5, 5.41) is 13.5. The summed E-state index contributed by atoms with van der Waals surface area (Å²) in [5.41, 5.74) is 0. The molecule has 1 atom stereocenters. The van der Waals surface area contributed by atoms with Crippen molar-refractivity contribution in [2.45, 2.75) is 19.6 Å². The number of aliphatic hydroxyl groups is 1. The lowest BCUT2D eigenvalue weighted by Crippen LogP contribution is -2.22. The maximum absolute atomic E-state index is 9.44. The van der Waals surface area contributed by atoms with Crippen LogP contribution < -0.4 is 0 Å². The van der Waals surface area contributed by atoms with E-state index in [4.69, 9.17) is 4.74 Å². The normalized spacial score (nSPS) is 13.2. The van der Waals surface area contributed by atoms with Crippen LogP contribution in [-0.2, 0) is 11.3 Å². The Morgan fingerprint density at radius 2 is 2.54 bits per heavy atom. The highest BCUT2D eigenvalue weighted by Crippen LogP contribution is 2.06. The molecule has 0 aliphatic carbocycles. The molecule has 5 heteroatoms. The Kier molecular flexibility index (Phi) is 4.41. The molecule has 0 amide bonds. The van der Waals surface area contributed by atoms with Gasteiger partial charge in [-0.2, -0.15) is 5.10 Å². The van der Waals surface area contributed by atoms with Gasteiger partial charge in [-0.15, -0.1) is 0 Å². The fourth-order valence-corrected chi connectivity index (χ4v) is 1.29. The third-order valence-corrected chi connectivity index (χ3v) is 1.92. The molecule has 74 valence electrons. The largest absolute Gasteiger partial charge is 0.389 e. The number of ether oxygens (including phenoxy) is 1. The van der Waals surface area contributed by atoms with Crippen molar-refractivity contribution in [3.05, 3.63) is 16.9 Å². The first kappa shape index (κ1) is 10.7. The van der Waals surface area contributed by atoms with Crippen LogP contribution in [0.2, 0.25) is 0 Å². The van der Waals surface area contributed by atoms with Gasteiger partial charge in [0.15, 0.2) is 0 Å². The van der Waals surface area contributed by atoms with Crippen molar-refractivity contribution in [3.63, 3.8) is 0 Å². The first-order valence-electron chi connectivity index (χ1n) is 4.16. The molecule has 1 aromatic rings. The fourth-order valence-electron chi connectivity index (χ4n) is 0.961. The van der Waals surface area contributed by atoms with Gasteiger partial charge in [0.05, 0.1) is 29.9 Å². The van der Waals surface area contributed by atoms with Gasteiger partial charge < -0.3 is 9.84 Å². The summed E-state index contributed by atoms with van der Waals surface area (Å²) in [5.74, 6) is 0. The molecule has 4 nitrogen and oxygen atoms in total. The molecule has 1 rings (SSSR count). The maximum atomic E-state index is 9.44. The molecular weight excluding hydrogens is 236 g/mol. The van der Waals surface area contributed by atoms with Crippen molar-refractivity contribution < 1.29 is 9.84 Å². The van der Waals surface area contributed by atoms with Crippen LogP contribution in [0.25, 0.3) is 0 Å². The van der Waals surface area contributed by atoms with Gasteiger partial charge in [-0.25, -0.2) is 0 Å². The monoisotopic (exact) mass is 248 g/mol. The molecule has 1 unspecified atom stereocenters. The van der Waals surface area contributed by atoms with E-state index in [1.165, 1.54) is 0 Å². The van der Waals surface area contributed by atoms with Crippen molar-refractivity contribution in [2.24, 2.45) is 0 Å². The molecule has 0 saturated heterocycles. The van der Waals surface area contributed by atoms with E-state index in [0.29, 0.717) is 19.8 Å². The third-order valence-electron chi connectivity index (χ3n) is 1.51. The number of hydrogen-bond acceptors (Lipinski definition) is 3. The van der Waals surface area contributed by atoms with Crippen LogP contribution in [0.1, 0.15) is 6.92 Å². The summed E-state index contributed by atoms with van der Waals surface area (Å²) in [7, 11) is 0. The Morgan fingerprint density at radius 1 is 1.77 bits per heavy atom. The predicted molar refractivity (Wildman–Crippen MR) is 52.4 cm³/mol. The SMILES string of the molecule is CCOCC(O)Cn1cc(Br)cn1. The predicted octanol–water partition coefficient (Wildman–Crippen LogP) is 1.04. The highest BCUT2D eigenvalue weighted by molar-refractivity contribution is 9.10. The zero-order chi connectivity index (χ0) is 9.68. The molecule has 0 radical (unpaired) electrons. The minimum absolute atomic E-state index is 0.355. The molecule has 13 heavy (non-hydrogen) atoms. The van der Waals surface area contributed by atoms with Crippen molar-refractivity contribution in [3.8, 4) is 0 Å². The molecule has 1 aromatic heterocycles. The smallest absolute Gasteiger partial charge is 0.0968 e. The first-order chi connectivity index (χ1) is 6.22. The molecule has 0 aromatic carbocycles. The van der Waals surface area contributed by atoms with E-state index < -0.39 is 6.10 Å². The van der Waals surface area contributed by atoms with E-state index in [2.05, 4.69) is 21.0 Å². The Labute approximate surface area is 85.6 Å². The zero-order valence-corrected chi connectivity index (χ0v) is 9.07.